The van der Waals surface area contributed by atoms with E-state index in [1.807, 2.05) is 32.1 Å². The summed E-state index contributed by atoms with van der Waals surface area (Å²) in [5.41, 5.74) is 7.14. The summed E-state index contributed by atoms with van der Waals surface area (Å²) in [6.07, 6.45) is 4.98. The molecule has 0 atom stereocenters. The van der Waals surface area contributed by atoms with Crippen molar-refractivity contribution in [3.8, 4) is 0 Å². The molecule has 1 saturated carbocycles. The van der Waals surface area contributed by atoms with Crippen molar-refractivity contribution in [1.82, 2.24) is 9.97 Å². The van der Waals surface area contributed by atoms with Gasteiger partial charge < -0.3 is 16.0 Å². The zero-order valence-corrected chi connectivity index (χ0v) is 17.6. The van der Waals surface area contributed by atoms with Crippen molar-refractivity contribution >= 4 is 35.1 Å². The van der Waals surface area contributed by atoms with Crippen LogP contribution in [-0.4, -0.2) is 42.2 Å². The van der Waals surface area contributed by atoms with Gasteiger partial charge in [-0.05, 0) is 50.8 Å². The summed E-state index contributed by atoms with van der Waals surface area (Å²) >= 11 is 5.88. The van der Waals surface area contributed by atoms with E-state index >= 15 is 0 Å². The molecular formula is C20H26ClFN6O. The predicted molar refractivity (Wildman–Crippen MR) is 114 cm³/mol. The summed E-state index contributed by atoms with van der Waals surface area (Å²) in [7, 11) is 3.90. The first-order chi connectivity index (χ1) is 13.8. The number of rotatable bonds is 5. The molecule has 1 aromatic carbocycles. The Hall–Kier alpha value is -2.61. The van der Waals surface area contributed by atoms with E-state index in [0.29, 0.717) is 11.6 Å². The van der Waals surface area contributed by atoms with Gasteiger partial charge in [0.25, 0.3) is 0 Å². The normalized spacial score (nSPS) is 18.9. The van der Waals surface area contributed by atoms with Gasteiger partial charge in [0.05, 0.1) is 5.02 Å². The Balaban J connectivity index is 1.66. The molecule has 0 radical (unpaired) electrons. The number of halogens is 2. The van der Waals surface area contributed by atoms with Crippen LogP contribution in [0.5, 0.6) is 0 Å². The lowest BCUT2D eigenvalue weighted by Crippen LogP contribution is -2.46. The van der Waals surface area contributed by atoms with Crippen LogP contribution in [0.2, 0.25) is 5.02 Å². The maximum Gasteiger partial charge on any atom is 0.319 e. The quantitative estimate of drug-likeness (QED) is 0.764. The maximum absolute atomic E-state index is 13.5. The number of nitrogens with one attached hydrogen (secondary N) is 1. The van der Waals surface area contributed by atoms with Crippen LogP contribution in [-0.2, 0) is 0 Å². The lowest BCUT2D eigenvalue weighted by Gasteiger charge is -2.36. The number of nitrogens with two attached hydrogens (primary N) is 1. The van der Waals surface area contributed by atoms with Gasteiger partial charge in [0, 0.05) is 43.6 Å². The average molecular weight is 421 g/mol. The van der Waals surface area contributed by atoms with Crippen molar-refractivity contribution in [3.05, 3.63) is 40.8 Å². The predicted octanol–water partition coefficient (Wildman–Crippen LogP) is 3.95. The first-order valence-corrected chi connectivity index (χ1v) is 9.95. The second-order valence-corrected chi connectivity index (χ2v) is 7.96. The van der Waals surface area contributed by atoms with Gasteiger partial charge in [-0.15, -0.1) is 0 Å². The van der Waals surface area contributed by atoms with Gasteiger partial charge in [0.1, 0.15) is 11.6 Å². The number of aromatic nitrogens is 2. The molecule has 1 heterocycles. The van der Waals surface area contributed by atoms with Gasteiger partial charge in [-0.2, -0.15) is 4.98 Å². The molecule has 1 aliphatic rings. The summed E-state index contributed by atoms with van der Waals surface area (Å²) in [6, 6.07) is 3.78. The van der Waals surface area contributed by atoms with E-state index in [9.17, 15) is 9.18 Å². The minimum Gasteiger partial charge on any atom is -0.362 e. The van der Waals surface area contributed by atoms with Crippen molar-refractivity contribution in [2.75, 3.05) is 29.2 Å². The second-order valence-electron chi connectivity index (χ2n) is 7.55. The Morgan fingerprint density at radius 2 is 1.97 bits per heavy atom. The fourth-order valence-corrected chi connectivity index (χ4v) is 3.94. The van der Waals surface area contributed by atoms with Gasteiger partial charge in [-0.3, -0.25) is 4.90 Å². The first-order valence-electron chi connectivity index (χ1n) is 9.57. The summed E-state index contributed by atoms with van der Waals surface area (Å²) in [6.45, 7) is 1.98. The Labute approximate surface area is 175 Å². The highest BCUT2D eigenvalue weighted by Gasteiger charge is 2.29. The highest BCUT2D eigenvalue weighted by molar-refractivity contribution is 6.31. The Morgan fingerprint density at radius 3 is 2.55 bits per heavy atom. The SMILES string of the molecule is Cc1cnc(N[C@H]2CC[C@@H](N(C(N)=O)c3ccc(F)c(Cl)c3)CC2)nc1N(C)C. The Bertz CT molecular complexity index is 885. The molecule has 2 aromatic rings. The third kappa shape index (κ3) is 4.87. The van der Waals surface area contributed by atoms with Crippen molar-refractivity contribution < 1.29 is 9.18 Å². The minimum absolute atomic E-state index is 0.0303. The fraction of sp³-hybridized carbons (Fsp3) is 0.450. The Kier molecular flexibility index (Phi) is 6.42. The Morgan fingerprint density at radius 1 is 1.28 bits per heavy atom. The van der Waals surface area contributed by atoms with Crippen LogP contribution >= 0.6 is 11.6 Å². The highest BCUT2D eigenvalue weighted by atomic mass is 35.5. The molecule has 1 aliphatic carbocycles. The molecule has 3 rings (SSSR count). The molecule has 29 heavy (non-hydrogen) atoms. The van der Waals surface area contributed by atoms with E-state index in [4.69, 9.17) is 17.3 Å². The van der Waals surface area contributed by atoms with Gasteiger partial charge in [-0.1, -0.05) is 11.6 Å². The number of carbonyl (C=O) groups is 1. The topological polar surface area (TPSA) is 87.4 Å². The molecule has 3 N–H and O–H groups in total. The van der Waals surface area contributed by atoms with Crippen LogP contribution in [0.25, 0.3) is 0 Å². The number of hydrogen-bond acceptors (Lipinski definition) is 5. The molecule has 0 saturated heterocycles. The summed E-state index contributed by atoms with van der Waals surface area (Å²) < 4.78 is 13.5. The molecule has 156 valence electrons. The van der Waals surface area contributed by atoms with E-state index in [1.165, 1.54) is 23.1 Å². The van der Waals surface area contributed by atoms with Crippen LogP contribution < -0.4 is 20.9 Å². The van der Waals surface area contributed by atoms with Crippen LogP contribution in [0.4, 0.5) is 26.6 Å². The number of benzene rings is 1. The number of aryl methyl sites for hydroxylation is 1. The van der Waals surface area contributed by atoms with E-state index in [2.05, 4.69) is 15.3 Å². The standard InChI is InChI=1S/C20H26ClFN6O/c1-12-11-24-20(26-18(12)27(2)3)25-13-4-6-14(7-5-13)28(19(23)29)15-8-9-17(22)16(21)10-15/h8-11,13-14H,4-7H2,1-3H3,(H2,23,29)(H,24,25,26)/t13-,14+. The van der Waals surface area contributed by atoms with Crippen molar-refractivity contribution in [3.63, 3.8) is 0 Å². The molecule has 0 spiro atoms. The largest absolute Gasteiger partial charge is 0.362 e. The van der Waals surface area contributed by atoms with Gasteiger partial charge in [0.2, 0.25) is 5.95 Å². The number of amides is 2. The summed E-state index contributed by atoms with van der Waals surface area (Å²) in [4.78, 5) is 24.5. The lowest BCUT2D eigenvalue weighted by atomic mass is 9.90. The van der Waals surface area contributed by atoms with Crippen LogP contribution in [0.1, 0.15) is 31.2 Å². The number of carbonyl (C=O) groups excluding carboxylic acids is 1. The van der Waals surface area contributed by atoms with E-state index in [-0.39, 0.29) is 17.1 Å². The first kappa shape index (κ1) is 21.1. The molecule has 9 heteroatoms. The number of anilines is 3. The second kappa shape index (κ2) is 8.82. The molecule has 0 unspecified atom stereocenters. The van der Waals surface area contributed by atoms with E-state index in [0.717, 1.165) is 37.1 Å². The molecule has 0 bridgehead atoms. The fourth-order valence-electron chi connectivity index (χ4n) is 3.77. The van der Waals surface area contributed by atoms with Crippen LogP contribution in [0.15, 0.2) is 24.4 Å². The van der Waals surface area contributed by atoms with Crippen molar-refractivity contribution in [2.45, 2.75) is 44.7 Å². The summed E-state index contributed by atoms with van der Waals surface area (Å²) in [5, 5.41) is 3.36. The van der Waals surface area contributed by atoms with Crippen LogP contribution in [0, 0.1) is 12.7 Å². The molecule has 2 amide bonds. The number of hydrogen-bond donors (Lipinski definition) is 2. The summed E-state index contributed by atoms with van der Waals surface area (Å²) in [5.74, 6) is 0.951. The molecule has 0 aliphatic heterocycles. The van der Waals surface area contributed by atoms with E-state index in [1.54, 1.807) is 0 Å². The van der Waals surface area contributed by atoms with Gasteiger partial charge in [0.15, 0.2) is 0 Å². The zero-order chi connectivity index (χ0) is 21.1. The number of nitrogens with zero attached hydrogens (tertiary/aromatic N) is 4. The van der Waals surface area contributed by atoms with Crippen molar-refractivity contribution in [1.29, 1.82) is 0 Å². The highest BCUT2D eigenvalue weighted by Crippen LogP contribution is 2.31. The minimum atomic E-state index is -0.568. The third-order valence-electron chi connectivity index (χ3n) is 5.18. The van der Waals surface area contributed by atoms with E-state index < -0.39 is 11.8 Å². The molecule has 7 nitrogen and oxygen atoms in total. The maximum atomic E-state index is 13.5. The van der Waals surface area contributed by atoms with Crippen molar-refractivity contribution in [2.24, 2.45) is 5.73 Å². The number of urea groups is 1. The lowest BCUT2D eigenvalue weighted by molar-refractivity contribution is 0.248. The van der Waals surface area contributed by atoms with Gasteiger partial charge >= 0.3 is 6.03 Å². The third-order valence-corrected chi connectivity index (χ3v) is 5.47. The monoisotopic (exact) mass is 420 g/mol. The zero-order valence-electron chi connectivity index (χ0n) is 16.8. The molecular weight excluding hydrogens is 395 g/mol. The van der Waals surface area contributed by atoms with Crippen LogP contribution in [0.3, 0.4) is 0 Å². The smallest absolute Gasteiger partial charge is 0.319 e. The van der Waals surface area contributed by atoms with Gasteiger partial charge in [-0.25, -0.2) is 14.2 Å². The molecule has 1 aromatic heterocycles. The molecule has 1 fully saturated rings. The average Bonchev–Trinajstić information content (AvgIpc) is 2.67. The number of primary amides is 1.